The summed E-state index contributed by atoms with van der Waals surface area (Å²) >= 11 is 0. The average molecular weight is 1290 g/mol. The predicted octanol–water partition coefficient (Wildman–Crippen LogP) is 10.0. The summed E-state index contributed by atoms with van der Waals surface area (Å²) in [5, 5.41) is 0. The van der Waals surface area contributed by atoms with Crippen LogP contribution in [0.15, 0.2) is 0 Å². The Kier molecular flexibility index (Phi) is 33.7. The van der Waals surface area contributed by atoms with Crippen LogP contribution in [0.2, 0.25) is 0 Å². The van der Waals surface area contributed by atoms with Gasteiger partial charge in [-0.3, -0.25) is 27.1 Å². The predicted molar refractivity (Wildman–Crippen MR) is 306 cm³/mol. The van der Waals surface area contributed by atoms with Crippen molar-refractivity contribution in [1.82, 2.24) is 0 Å². The number of nitrogens with two attached hydrogens (primary N) is 6. The van der Waals surface area contributed by atoms with Crippen LogP contribution in [0.3, 0.4) is 0 Å². The first kappa shape index (κ1) is 74.0. The Morgan fingerprint density at radius 3 is 0.407 bits per heavy atom. The Morgan fingerprint density at radius 1 is 0.210 bits per heavy atom. The highest BCUT2D eigenvalue weighted by atomic mass is 31.3. The van der Waals surface area contributed by atoms with Gasteiger partial charge in [-0.05, 0) is 77.0 Å². The molecule has 0 aromatic rings. The molecule has 3 aliphatic heterocycles. The molecule has 0 radical (unpaired) electrons. The Hall–Kier alpha value is 0.540. The number of fused-ring (bicyclic) bond motifs is 6. The molecule has 10 rings (SSSR count). The minimum Gasteiger partial charge on any atom is -0.328 e. The van der Waals surface area contributed by atoms with Gasteiger partial charge in [0.1, 0.15) is 36.6 Å². The molecule has 6 unspecified atom stereocenters. The number of phosphoric acid groups is 6. The molecule has 0 spiro atoms. The van der Waals surface area contributed by atoms with Gasteiger partial charge in [0.05, 0.1) is 0 Å². The van der Waals surface area contributed by atoms with Crippen LogP contribution in [0.5, 0.6) is 0 Å². The summed E-state index contributed by atoms with van der Waals surface area (Å²) in [6.07, 6.45) is 34.0. The molecule has 3 heterocycles. The summed E-state index contributed by atoms with van der Waals surface area (Å²) in [6, 6.07) is 3.15. The molecular weight excluding hydrogens is 1180 g/mol. The Balaban J connectivity index is 0.000000236. The molecule has 10 aliphatic rings. The second-order valence-electron chi connectivity index (χ2n) is 23.0. The van der Waals surface area contributed by atoms with Crippen molar-refractivity contribution in [2.75, 3.05) is 0 Å². The lowest BCUT2D eigenvalue weighted by Gasteiger charge is -2.45. The van der Waals surface area contributed by atoms with Gasteiger partial charge in [-0.25, -0.2) is 27.4 Å². The Labute approximate surface area is 480 Å². The maximum absolute atomic E-state index is 12.1. The number of hydrogen-bond acceptors (Lipinski definition) is 21. The van der Waals surface area contributed by atoms with E-state index >= 15 is 0 Å². The highest BCUT2D eigenvalue weighted by Gasteiger charge is 2.68. The summed E-state index contributed by atoms with van der Waals surface area (Å²) in [5.41, 5.74) is 34.4. The first-order valence-corrected chi connectivity index (χ1v) is 38.8. The van der Waals surface area contributed by atoms with E-state index < -0.39 is 83.6 Å². The fourth-order valence-corrected chi connectivity index (χ4v) is 18.5. The number of rotatable bonds is 0. The molecule has 0 aromatic heterocycles. The van der Waals surface area contributed by atoms with Gasteiger partial charge in [0.2, 0.25) is 0 Å². The van der Waals surface area contributed by atoms with Gasteiger partial charge >= 0.3 is 46.9 Å². The summed E-state index contributed by atoms with van der Waals surface area (Å²) in [4.78, 5) is 58.3. The van der Waals surface area contributed by atoms with Crippen molar-refractivity contribution >= 4 is 46.9 Å². The molecule has 27 nitrogen and oxygen atoms in total. The smallest absolute Gasteiger partial charge is 0.328 e. The molecule has 18 N–H and O–H groups in total. The minimum absolute atomic E-state index is 0.525. The molecule has 0 amide bonds. The lowest BCUT2D eigenvalue weighted by molar-refractivity contribution is -0.185. The van der Waals surface area contributed by atoms with E-state index in [-0.39, 0.29) is 0 Å². The van der Waals surface area contributed by atoms with Crippen molar-refractivity contribution in [3.8, 4) is 0 Å². The summed E-state index contributed by atoms with van der Waals surface area (Å²) in [6.45, 7) is 0. The van der Waals surface area contributed by atoms with Crippen LogP contribution in [0.1, 0.15) is 231 Å². The zero-order valence-corrected chi connectivity index (χ0v) is 52.7. The van der Waals surface area contributed by atoms with Crippen molar-refractivity contribution in [2.45, 2.75) is 304 Å². The van der Waals surface area contributed by atoms with Gasteiger partial charge in [0.25, 0.3) is 0 Å². The molecule has 33 heteroatoms. The van der Waals surface area contributed by atoms with E-state index in [9.17, 15) is 56.8 Å². The van der Waals surface area contributed by atoms with Crippen molar-refractivity contribution < 1.29 is 96.8 Å². The van der Waals surface area contributed by atoms with Gasteiger partial charge < -0.3 is 63.8 Å². The van der Waals surface area contributed by atoms with Crippen molar-refractivity contribution in [2.24, 2.45) is 34.4 Å². The summed E-state index contributed by atoms with van der Waals surface area (Å²) in [7, 11) is -33.5. The van der Waals surface area contributed by atoms with E-state index in [0.29, 0.717) is 36.3 Å². The fraction of sp³-hybridized carbons (Fsp3) is 1.00. The molecule has 3 saturated heterocycles. The molecule has 0 aromatic carbocycles. The quantitative estimate of drug-likeness (QED) is 0.0792. The van der Waals surface area contributed by atoms with Crippen molar-refractivity contribution in [1.29, 1.82) is 0 Å². The lowest BCUT2D eigenvalue weighted by atomic mass is 9.85. The molecule has 0 bridgehead atoms. The zero-order valence-electron chi connectivity index (χ0n) is 47.3. The minimum atomic E-state index is -5.59. The van der Waals surface area contributed by atoms with E-state index in [1.54, 1.807) is 0 Å². The van der Waals surface area contributed by atoms with Crippen LogP contribution >= 0.6 is 46.9 Å². The van der Waals surface area contributed by atoms with Crippen molar-refractivity contribution in [3.63, 3.8) is 0 Å². The summed E-state index contributed by atoms with van der Waals surface area (Å²) < 4.78 is 112. The third kappa shape index (κ3) is 31.0. The van der Waals surface area contributed by atoms with Crippen LogP contribution in [0, 0.1) is 0 Å². The standard InChI is InChI=1S/6C7H15N.C6H12O21P6/c6*8-7-5-3-1-2-4-6-7;7-28(8)19-1-2(20-29(9,10)25-28)4-6(24-33(17,18)27-32(15,16)23-4)5-3(1)21-30(11,12)26-31(13,14)22-5/h6*7H,1-6,8H2;1-6H,(H,7,8)(H,9,10)(H,11,12)(H,13,14)(H,15,16)(H,17,18). The highest BCUT2D eigenvalue weighted by molar-refractivity contribution is 7.62. The Morgan fingerprint density at radius 2 is 0.309 bits per heavy atom. The van der Waals surface area contributed by atoms with E-state index in [4.69, 9.17) is 34.4 Å². The second-order valence-corrected chi connectivity index (χ2v) is 31.8. The van der Waals surface area contributed by atoms with Crippen LogP contribution in [0.25, 0.3) is 0 Å². The molecule has 480 valence electrons. The average Bonchev–Trinajstić information content (AvgIpc) is 4.34. The maximum Gasteiger partial charge on any atom is 0.481 e. The van der Waals surface area contributed by atoms with Crippen LogP contribution in [0.4, 0.5) is 0 Å². The summed E-state index contributed by atoms with van der Waals surface area (Å²) in [5.74, 6) is 0. The number of phosphoric ester groups is 6. The topological polar surface area (TPSA) is 463 Å². The van der Waals surface area contributed by atoms with Crippen LogP contribution in [-0.4, -0.2) is 102 Å². The van der Waals surface area contributed by atoms with E-state index in [1.165, 1.54) is 231 Å². The normalized spacial score (nSPS) is 40.1. The molecule has 7 saturated carbocycles. The zero-order chi connectivity index (χ0) is 59.7. The van der Waals surface area contributed by atoms with E-state index in [2.05, 4.69) is 40.1 Å². The molecule has 6 atom stereocenters. The SMILES string of the molecule is NC1CCCCCC1.NC1CCCCCC1.NC1CCCCCC1.NC1CCCCCC1.NC1CCCCCC1.NC1CCCCCC1.O=P1(O)OC2C3OP(=O)(O)OP(=O)(O)OC3C3OP(=O)(O)OP(=O)(O)OC3C2OP(=O)(O)O1. The highest BCUT2D eigenvalue weighted by Crippen LogP contribution is 2.73. The third-order valence-electron chi connectivity index (χ3n) is 15.5. The van der Waals surface area contributed by atoms with Gasteiger partial charge in [0.15, 0.2) is 0 Å². The first-order valence-electron chi connectivity index (χ1n) is 29.8. The third-order valence-corrected chi connectivity index (χ3v) is 23.5. The van der Waals surface area contributed by atoms with E-state index in [1.807, 2.05) is 0 Å². The van der Waals surface area contributed by atoms with Gasteiger partial charge in [-0.15, -0.1) is 0 Å². The lowest BCUT2D eigenvalue weighted by Crippen LogP contribution is -2.65. The largest absolute Gasteiger partial charge is 0.481 e. The molecule has 7 aliphatic carbocycles. The fourth-order valence-electron chi connectivity index (χ4n) is 11.1. The number of hydrogen-bond donors (Lipinski definition) is 12. The molecule has 10 fully saturated rings. The monoisotopic (exact) mass is 1280 g/mol. The maximum atomic E-state index is 12.1. The Bertz CT molecular complexity index is 1680. The van der Waals surface area contributed by atoms with Crippen LogP contribution < -0.4 is 34.4 Å². The van der Waals surface area contributed by atoms with Gasteiger partial charge in [-0.2, -0.15) is 12.9 Å². The molecule has 81 heavy (non-hydrogen) atoms. The van der Waals surface area contributed by atoms with Crippen LogP contribution in [-0.2, 0) is 67.5 Å². The second kappa shape index (κ2) is 36.9. The molecular formula is C48H102N6O21P6. The van der Waals surface area contributed by atoms with Crippen molar-refractivity contribution in [3.05, 3.63) is 0 Å². The van der Waals surface area contributed by atoms with E-state index in [0.717, 1.165) is 0 Å². The van der Waals surface area contributed by atoms with Gasteiger partial charge in [-0.1, -0.05) is 154 Å². The van der Waals surface area contributed by atoms with Gasteiger partial charge in [0, 0.05) is 36.3 Å². The first-order chi connectivity index (χ1) is 38.1.